The number of aliphatic hydroxyl groups is 1. The van der Waals surface area contributed by atoms with Crippen molar-refractivity contribution < 1.29 is 9.84 Å². The van der Waals surface area contributed by atoms with Crippen molar-refractivity contribution in [1.82, 2.24) is 9.97 Å². The molecule has 0 atom stereocenters. The Morgan fingerprint density at radius 1 is 1.44 bits per heavy atom. The molecule has 1 fully saturated rings. The first-order valence-corrected chi connectivity index (χ1v) is 6.57. The summed E-state index contributed by atoms with van der Waals surface area (Å²) in [7, 11) is 0. The number of ether oxygens (including phenoxy) is 1. The monoisotopic (exact) mass is 251 g/mol. The van der Waals surface area contributed by atoms with Crippen molar-refractivity contribution >= 4 is 5.82 Å². The zero-order valence-corrected chi connectivity index (χ0v) is 10.9. The first-order valence-electron chi connectivity index (χ1n) is 6.57. The van der Waals surface area contributed by atoms with E-state index in [1.54, 1.807) is 0 Å². The van der Waals surface area contributed by atoms with E-state index in [1.807, 2.05) is 6.07 Å². The highest BCUT2D eigenvalue weighted by Gasteiger charge is 2.41. The molecular formula is C13H21N3O2. The van der Waals surface area contributed by atoms with E-state index in [9.17, 15) is 0 Å². The minimum atomic E-state index is 0.260. The minimum absolute atomic E-state index is 0.260. The van der Waals surface area contributed by atoms with Crippen molar-refractivity contribution in [3.05, 3.63) is 12.4 Å². The maximum absolute atomic E-state index is 9.01. The van der Waals surface area contributed by atoms with Crippen LogP contribution < -0.4 is 10.1 Å². The van der Waals surface area contributed by atoms with Crippen LogP contribution in [-0.4, -0.2) is 34.8 Å². The summed E-state index contributed by atoms with van der Waals surface area (Å²) in [5.41, 5.74) is 0.282. The molecule has 2 N–H and O–H groups in total. The van der Waals surface area contributed by atoms with Gasteiger partial charge in [-0.3, -0.25) is 0 Å². The molecule has 0 aromatic carbocycles. The minimum Gasteiger partial charge on any atom is -0.478 e. The van der Waals surface area contributed by atoms with Crippen molar-refractivity contribution in [2.24, 2.45) is 5.41 Å². The molecule has 0 aliphatic heterocycles. The third-order valence-corrected chi connectivity index (χ3v) is 3.34. The van der Waals surface area contributed by atoms with Crippen LogP contribution in [0.25, 0.3) is 0 Å². The average Bonchev–Trinajstić information content (AvgIpc) is 3.15. The van der Waals surface area contributed by atoms with Gasteiger partial charge < -0.3 is 15.2 Å². The fourth-order valence-electron chi connectivity index (χ4n) is 1.93. The van der Waals surface area contributed by atoms with Crippen LogP contribution in [0.3, 0.4) is 0 Å². The average molecular weight is 251 g/mol. The molecule has 100 valence electrons. The summed E-state index contributed by atoms with van der Waals surface area (Å²) in [4.78, 5) is 8.23. The van der Waals surface area contributed by atoms with Gasteiger partial charge >= 0.3 is 0 Å². The van der Waals surface area contributed by atoms with Crippen LogP contribution >= 0.6 is 0 Å². The van der Waals surface area contributed by atoms with Gasteiger partial charge in [0.25, 0.3) is 0 Å². The zero-order chi connectivity index (χ0) is 12.8. The largest absolute Gasteiger partial charge is 0.478 e. The van der Waals surface area contributed by atoms with Gasteiger partial charge in [0, 0.05) is 19.2 Å². The third kappa shape index (κ3) is 3.57. The van der Waals surface area contributed by atoms with Crippen LogP contribution in [0.1, 0.15) is 32.6 Å². The Hall–Kier alpha value is -1.36. The van der Waals surface area contributed by atoms with E-state index >= 15 is 0 Å². The summed E-state index contributed by atoms with van der Waals surface area (Å²) in [6.07, 6.45) is 5.71. The molecule has 0 unspecified atom stereocenters. The molecule has 1 heterocycles. The molecule has 18 heavy (non-hydrogen) atoms. The molecule has 0 bridgehead atoms. The number of nitrogens with one attached hydrogen (secondary N) is 1. The quantitative estimate of drug-likeness (QED) is 0.738. The Bertz CT molecular complexity index is 380. The number of aromatic nitrogens is 2. The molecule has 5 nitrogen and oxygen atoms in total. The Labute approximate surface area is 108 Å². The lowest BCUT2D eigenvalue weighted by molar-refractivity contribution is 0.253. The van der Waals surface area contributed by atoms with E-state index in [0.29, 0.717) is 12.5 Å². The summed E-state index contributed by atoms with van der Waals surface area (Å²) >= 11 is 0. The van der Waals surface area contributed by atoms with Gasteiger partial charge in [-0.25, -0.2) is 9.97 Å². The molecule has 1 aromatic rings. The molecule has 0 amide bonds. The smallest absolute Gasteiger partial charge is 0.218 e. The second-order valence-corrected chi connectivity index (χ2v) is 4.92. The summed E-state index contributed by atoms with van der Waals surface area (Å²) in [6.45, 7) is 3.85. The Kier molecular flexibility index (Phi) is 4.36. The van der Waals surface area contributed by atoms with E-state index in [4.69, 9.17) is 9.84 Å². The molecule has 1 aliphatic rings. The Balaban J connectivity index is 1.85. The van der Waals surface area contributed by atoms with Gasteiger partial charge in [0.05, 0.1) is 6.61 Å². The second-order valence-electron chi connectivity index (χ2n) is 4.92. The predicted octanol–water partition coefficient (Wildman–Crippen LogP) is 1.84. The number of nitrogens with zero attached hydrogens (tertiary/aromatic N) is 2. The first-order chi connectivity index (χ1) is 8.78. The van der Waals surface area contributed by atoms with Gasteiger partial charge in [-0.15, -0.1) is 0 Å². The number of hydrogen-bond acceptors (Lipinski definition) is 5. The number of rotatable bonds is 8. The molecular weight excluding hydrogens is 230 g/mol. The SMILES string of the molecule is CCCOc1cc(NCC2(CCO)CC2)ncn1. The maximum atomic E-state index is 9.01. The fraction of sp³-hybridized carbons (Fsp3) is 0.692. The van der Waals surface area contributed by atoms with E-state index < -0.39 is 0 Å². The topological polar surface area (TPSA) is 67.3 Å². The van der Waals surface area contributed by atoms with E-state index in [-0.39, 0.29) is 12.0 Å². The summed E-state index contributed by atoms with van der Waals surface area (Å²) in [6, 6.07) is 1.82. The van der Waals surface area contributed by atoms with Crippen molar-refractivity contribution in [3.8, 4) is 5.88 Å². The van der Waals surface area contributed by atoms with Crippen molar-refractivity contribution in [1.29, 1.82) is 0 Å². The van der Waals surface area contributed by atoms with Gasteiger partial charge in [-0.05, 0) is 31.1 Å². The lowest BCUT2D eigenvalue weighted by atomic mass is 10.0. The number of hydrogen-bond donors (Lipinski definition) is 2. The molecule has 1 saturated carbocycles. The maximum Gasteiger partial charge on any atom is 0.218 e. The van der Waals surface area contributed by atoms with Crippen LogP contribution in [0, 0.1) is 5.41 Å². The first kappa shape index (κ1) is 13.1. The van der Waals surface area contributed by atoms with Crippen molar-refractivity contribution in [2.75, 3.05) is 25.1 Å². The lowest BCUT2D eigenvalue weighted by Gasteiger charge is -2.15. The molecule has 1 aliphatic carbocycles. The van der Waals surface area contributed by atoms with Crippen molar-refractivity contribution in [3.63, 3.8) is 0 Å². The van der Waals surface area contributed by atoms with Gasteiger partial charge in [-0.2, -0.15) is 0 Å². The van der Waals surface area contributed by atoms with E-state index in [0.717, 1.165) is 25.2 Å². The number of aliphatic hydroxyl groups excluding tert-OH is 1. The van der Waals surface area contributed by atoms with Gasteiger partial charge in [0.2, 0.25) is 5.88 Å². The van der Waals surface area contributed by atoms with Crippen LogP contribution in [0.5, 0.6) is 5.88 Å². The van der Waals surface area contributed by atoms with Crippen LogP contribution in [-0.2, 0) is 0 Å². The van der Waals surface area contributed by atoms with Crippen LogP contribution in [0.4, 0.5) is 5.82 Å². The van der Waals surface area contributed by atoms with Gasteiger partial charge in [0.15, 0.2) is 0 Å². The van der Waals surface area contributed by atoms with Crippen LogP contribution in [0.15, 0.2) is 12.4 Å². The highest BCUT2D eigenvalue weighted by molar-refractivity contribution is 5.37. The van der Waals surface area contributed by atoms with Crippen molar-refractivity contribution in [2.45, 2.75) is 32.6 Å². The van der Waals surface area contributed by atoms with E-state index in [2.05, 4.69) is 22.2 Å². The summed E-state index contributed by atoms with van der Waals surface area (Å²) in [5, 5.41) is 12.3. The second kappa shape index (κ2) is 6.00. The van der Waals surface area contributed by atoms with E-state index in [1.165, 1.54) is 19.2 Å². The normalized spacial score (nSPS) is 16.3. The summed E-state index contributed by atoms with van der Waals surface area (Å²) in [5.74, 6) is 1.40. The Morgan fingerprint density at radius 3 is 2.94 bits per heavy atom. The lowest BCUT2D eigenvalue weighted by Crippen LogP contribution is -2.17. The highest BCUT2D eigenvalue weighted by atomic mass is 16.5. The zero-order valence-electron chi connectivity index (χ0n) is 10.9. The molecule has 5 heteroatoms. The Morgan fingerprint density at radius 2 is 2.28 bits per heavy atom. The molecule has 1 aromatic heterocycles. The highest BCUT2D eigenvalue weighted by Crippen LogP contribution is 2.48. The molecule has 2 rings (SSSR count). The van der Waals surface area contributed by atoms with Gasteiger partial charge in [-0.1, -0.05) is 6.92 Å². The third-order valence-electron chi connectivity index (χ3n) is 3.34. The van der Waals surface area contributed by atoms with Crippen LogP contribution in [0.2, 0.25) is 0 Å². The predicted molar refractivity (Wildman–Crippen MR) is 69.7 cm³/mol. The standard InChI is InChI=1S/C13H21N3O2/c1-2-7-18-12-8-11(15-10-16-12)14-9-13(3-4-13)5-6-17/h8,10,17H,2-7,9H2,1H3,(H,14,15,16). The summed E-state index contributed by atoms with van der Waals surface area (Å²) < 4.78 is 5.46. The molecule has 0 spiro atoms. The molecule has 0 radical (unpaired) electrons. The van der Waals surface area contributed by atoms with Gasteiger partial charge in [0.1, 0.15) is 12.1 Å². The molecule has 0 saturated heterocycles. The number of anilines is 1. The fourth-order valence-corrected chi connectivity index (χ4v) is 1.93.